The van der Waals surface area contributed by atoms with Gasteiger partial charge in [-0.15, -0.1) is 0 Å². The van der Waals surface area contributed by atoms with Crippen LogP contribution in [-0.2, 0) is 11.2 Å². The van der Waals surface area contributed by atoms with E-state index in [1.807, 2.05) is 31.2 Å². The number of benzene rings is 3. The molecule has 162 valence electrons. The van der Waals surface area contributed by atoms with E-state index in [-0.39, 0.29) is 5.57 Å². The first-order valence-corrected chi connectivity index (χ1v) is 10.6. The number of methoxy groups -OCH3 is 1. The number of nitrogens with one attached hydrogen (secondary N) is 1. The van der Waals surface area contributed by atoms with Crippen LogP contribution in [0.2, 0.25) is 5.02 Å². The molecule has 0 aromatic heterocycles. The van der Waals surface area contributed by atoms with Crippen LogP contribution in [0.3, 0.4) is 0 Å². The Hall–Kier alpha value is -3.55. The molecule has 0 radical (unpaired) electrons. The van der Waals surface area contributed by atoms with E-state index in [1.54, 1.807) is 25.3 Å². The maximum atomic E-state index is 12.6. The molecule has 0 spiro atoms. The lowest BCUT2D eigenvalue weighted by Gasteiger charge is -2.13. The summed E-state index contributed by atoms with van der Waals surface area (Å²) in [5, 5.41) is 12.8. The van der Waals surface area contributed by atoms with E-state index < -0.39 is 5.91 Å². The van der Waals surface area contributed by atoms with Crippen molar-refractivity contribution in [3.8, 4) is 11.8 Å². The molecule has 0 fully saturated rings. The molecule has 32 heavy (non-hydrogen) atoms. The lowest BCUT2D eigenvalue weighted by Crippen LogP contribution is -2.13. The highest BCUT2D eigenvalue weighted by Crippen LogP contribution is 2.32. The Kier molecular flexibility index (Phi) is 7.35. The standard InChI is InChI=1S/C27H25ClN2O2/c1-17-6-5-7-23(11-17)30-27(31)22(16-29)12-21-14-25(28)24(26(15-21)32-4)13-20-9-18(2)8-19(3)10-20/h5-12,14-15H,13H2,1-4H3,(H,30,31)/b22-12+. The van der Waals surface area contributed by atoms with Gasteiger partial charge in [0.15, 0.2) is 0 Å². The van der Waals surface area contributed by atoms with Gasteiger partial charge in [0.1, 0.15) is 17.4 Å². The normalized spacial score (nSPS) is 11.1. The van der Waals surface area contributed by atoms with E-state index >= 15 is 0 Å². The SMILES string of the molecule is COc1cc(/C=C(\C#N)C(=O)Nc2cccc(C)c2)cc(Cl)c1Cc1cc(C)cc(C)c1. The van der Waals surface area contributed by atoms with Crippen molar-refractivity contribution in [1.82, 2.24) is 0 Å². The van der Waals surface area contributed by atoms with Crippen molar-refractivity contribution >= 4 is 29.3 Å². The molecule has 0 unspecified atom stereocenters. The van der Waals surface area contributed by atoms with Gasteiger partial charge in [0, 0.05) is 22.7 Å². The fraction of sp³-hybridized carbons (Fsp3) is 0.185. The van der Waals surface area contributed by atoms with E-state index in [0.29, 0.717) is 28.4 Å². The van der Waals surface area contributed by atoms with Crippen LogP contribution in [0.5, 0.6) is 5.75 Å². The number of halogens is 1. The van der Waals surface area contributed by atoms with Gasteiger partial charge in [-0.2, -0.15) is 5.26 Å². The van der Waals surface area contributed by atoms with Gasteiger partial charge in [0.2, 0.25) is 0 Å². The summed E-state index contributed by atoms with van der Waals surface area (Å²) < 4.78 is 5.59. The van der Waals surface area contributed by atoms with E-state index in [0.717, 1.165) is 16.7 Å². The molecule has 3 aromatic rings. The molecule has 0 heterocycles. The summed E-state index contributed by atoms with van der Waals surface area (Å²) in [5.41, 5.74) is 6.62. The smallest absolute Gasteiger partial charge is 0.266 e. The summed E-state index contributed by atoms with van der Waals surface area (Å²) in [5.74, 6) is 0.131. The van der Waals surface area contributed by atoms with Gasteiger partial charge < -0.3 is 10.1 Å². The van der Waals surface area contributed by atoms with Crippen molar-refractivity contribution in [2.45, 2.75) is 27.2 Å². The molecular formula is C27H25ClN2O2. The quantitative estimate of drug-likeness (QED) is 0.353. The summed E-state index contributed by atoms with van der Waals surface area (Å²) in [4.78, 5) is 12.6. The Morgan fingerprint density at radius 1 is 1.06 bits per heavy atom. The van der Waals surface area contributed by atoms with E-state index in [1.165, 1.54) is 17.2 Å². The minimum absolute atomic E-state index is 0.0216. The zero-order valence-corrected chi connectivity index (χ0v) is 19.4. The summed E-state index contributed by atoms with van der Waals surface area (Å²) in [6.07, 6.45) is 2.13. The van der Waals surface area contributed by atoms with Gasteiger partial charge in [-0.25, -0.2) is 0 Å². The predicted octanol–water partition coefficient (Wildman–Crippen LogP) is 6.41. The molecule has 0 atom stereocenters. The highest BCUT2D eigenvalue weighted by molar-refractivity contribution is 6.31. The second-order valence-corrected chi connectivity index (χ2v) is 8.26. The average molecular weight is 445 g/mol. The summed E-state index contributed by atoms with van der Waals surface area (Å²) in [7, 11) is 1.58. The van der Waals surface area contributed by atoms with Gasteiger partial charge in [0.05, 0.1) is 7.11 Å². The summed E-state index contributed by atoms with van der Waals surface area (Å²) in [6, 6.07) is 19.3. The lowest BCUT2D eigenvalue weighted by molar-refractivity contribution is -0.112. The molecule has 1 amide bonds. The van der Waals surface area contributed by atoms with Crippen molar-refractivity contribution in [1.29, 1.82) is 5.26 Å². The Balaban J connectivity index is 1.90. The molecule has 0 saturated heterocycles. The largest absolute Gasteiger partial charge is 0.496 e. The fourth-order valence-corrected chi connectivity index (χ4v) is 3.97. The van der Waals surface area contributed by atoms with Crippen molar-refractivity contribution in [2.24, 2.45) is 0 Å². The molecule has 3 rings (SSSR count). The minimum Gasteiger partial charge on any atom is -0.496 e. The first-order valence-electron chi connectivity index (χ1n) is 10.2. The van der Waals surface area contributed by atoms with Crippen molar-refractivity contribution < 1.29 is 9.53 Å². The third-order valence-corrected chi connectivity index (χ3v) is 5.35. The van der Waals surface area contributed by atoms with Crippen molar-refractivity contribution in [3.05, 3.63) is 98.6 Å². The van der Waals surface area contributed by atoms with Gasteiger partial charge in [-0.05, 0) is 67.8 Å². The van der Waals surface area contributed by atoms with Gasteiger partial charge in [-0.1, -0.05) is 53.1 Å². The number of nitriles is 1. The number of rotatable bonds is 6. The summed E-state index contributed by atoms with van der Waals surface area (Å²) in [6.45, 7) is 6.06. The van der Waals surface area contributed by atoms with Gasteiger partial charge >= 0.3 is 0 Å². The Morgan fingerprint density at radius 2 is 1.78 bits per heavy atom. The molecule has 1 N–H and O–H groups in total. The number of hydrogen-bond acceptors (Lipinski definition) is 3. The summed E-state index contributed by atoms with van der Waals surface area (Å²) >= 11 is 6.60. The van der Waals surface area contributed by atoms with Crippen LogP contribution < -0.4 is 10.1 Å². The lowest BCUT2D eigenvalue weighted by atomic mass is 9.98. The number of ether oxygens (including phenoxy) is 1. The Bertz CT molecular complexity index is 1220. The average Bonchev–Trinajstić information content (AvgIpc) is 2.72. The molecule has 3 aromatic carbocycles. The van der Waals surface area contributed by atoms with Crippen molar-refractivity contribution in [3.63, 3.8) is 0 Å². The number of amides is 1. The third kappa shape index (κ3) is 5.78. The van der Waals surface area contributed by atoms with Crippen LogP contribution in [0, 0.1) is 32.1 Å². The Labute approximate surface area is 194 Å². The number of carbonyl (C=O) groups excluding carboxylic acids is 1. The molecular weight excluding hydrogens is 420 g/mol. The number of aryl methyl sites for hydroxylation is 3. The topological polar surface area (TPSA) is 62.1 Å². The molecule has 0 aliphatic rings. The Morgan fingerprint density at radius 3 is 2.41 bits per heavy atom. The maximum absolute atomic E-state index is 12.6. The first-order chi connectivity index (χ1) is 15.3. The zero-order valence-electron chi connectivity index (χ0n) is 18.6. The molecule has 0 saturated carbocycles. The van der Waals surface area contributed by atoms with Gasteiger partial charge in [0.25, 0.3) is 5.91 Å². The number of nitrogens with zero attached hydrogens (tertiary/aromatic N) is 1. The fourth-order valence-electron chi connectivity index (χ4n) is 3.68. The number of carbonyl (C=O) groups is 1. The maximum Gasteiger partial charge on any atom is 0.266 e. The number of hydrogen-bond donors (Lipinski definition) is 1. The first kappa shape index (κ1) is 23.1. The van der Waals surface area contributed by atoms with Crippen molar-refractivity contribution in [2.75, 3.05) is 12.4 Å². The van der Waals surface area contributed by atoms with E-state index in [2.05, 4.69) is 37.4 Å². The number of anilines is 1. The van der Waals surface area contributed by atoms with Crippen LogP contribution in [0.1, 0.15) is 33.4 Å². The highest BCUT2D eigenvalue weighted by Gasteiger charge is 2.14. The zero-order chi connectivity index (χ0) is 23.3. The molecule has 0 aliphatic carbocycles. The van der Waals surface area contributed by atoms with E-state index in [4.69, 9.17) is 16.3 Å². The highest BCUT2D eigenvalue weighted by atomic mass is 35.5. The van der Waals surface area contributed by atoms with Crippen LogP contribution in [0.25, 0.3) is 6.08 Å². The van der Waals surface area contributed by atoms with Gasteiger partial charge in [-0.3, -0.25) is 4.79 Å². The van der Waals surface area contributed by atoms with E-state index in [9.17, 15) is 10.1 Å². The van der Waals surface area contributed by atoms with Crippen LogP contribution in [0.15, 0.2) is 60.2 Å². The third-order valence-electron chi connectivity index (χ3n) is 5.01. The van der Waals surface area contributed by atoms with Crippen LogP contribution in [-0.4, -0.2) is 13.0 Å². The second-order valence-electron chi connectivity index (χ2n) is 7.85. The molecule has 0 aliphatic heterocycles. The molecule has 4 nitrogen and oxygen atoms in total. The second kappa shape index (κ2) is 10.2. The molecule has 0 bridgehead atoms. The molecule has 5 heteroatoms. The van der Waals surface area contributed by atoms with Crippen LogP contribution in [0.4, 0.5) is 5.69 Å². The minimum atomic E-state index is -0.479. The predicted molar refractivity (Wildman–Crippen MR) is 130 cm³/mol. The van der Waals surface area contributed by atoms with Crippen LogP contribution >= 0.6 is 11.6 Å². The monoisotopic (exact) mass is 444 g/mol.